The van der Waals surface area contributed by atoms with Crippen LogP contribution >= 0.6 is 11.6 Å². The van der Waals surface area contributed by atoms with Crippen LogP contribution in [0.3, 0.4) is 0 Å². The monoisotopic (exact) mass is 170 g/mol. The highest BCUT2D eigenvalue weighted by molar-refractivity contribution is 6.16. The molecule has 0 aliphatic rings. The number of hydrogen-bond donors (Lipinski definition) is 0. The SMILES string of the molecule is CC(C)c1cnc(CCl)nc1. The van der Waals surface area contributed by atoms with E-state index in [1.54, 1.807) is 0 Å². The lowest BCUT2D eigenvalue weighted by molar-refractivity contribution is 0.835. The van der Waals surface area contributed by atoms with Gasteiger partial charge in [-0.15, -0.1) is 11.6 Å². The lowest BCUT2D eigenvalue weighted by Gasteiger charge is -2.02. The summed E-state index contributed by atoms with van der Waals surface area (Å²) in [5, 5.41) is 0. The molecule has 0 N–H and O–H groups in total. The van der Waals surface area contributed by atoms with Crippen LogP contribution in [0.2, 0.25) is 0 Å². The van der Waals surface area contributed by atoms with E-state index >= 15 is 0 Å². The molecule has 0 spiro atoms. The van der Waals surface area contributed by atoms with Gasteiger partial charge in [0.2, 0.25) is 0 Å². The first-order chi connectivity index (χ1) is 5.24. The van der Waals surface area contributed by atoms with Gasteiger partial charge in [0, 0.05) is 12.4 Å². The fraction of sp³-hybridized carbons (Fsp3) is 0.500. The van der Waals surface area contributed by atoms with Gasteiger partial charge in [0.05, 0.1) is 5.88 Å². The quantitative estimate of drug-likeness (QED) is 0.637. The minimum Gasteiger partial charge on any atom is -0.240 e. The average Bonchev–Trinajstić information content (AvgIpc) is 2.05. The average molecular weight is 171 g/mol. The van der Waals surface area contributed by atoms with Crippen molar-refractivity contribution in [2.24, 2.45) is 0 Å². The van der Waals surface area contributed by atoms with Gasteiger partial charge >= 0.3 is 0 Å². The van der Waals surface area contributed by atoms with Gasteiger partial charge in [0.25, 0.3) is 0 Å². The predicted molar refractivity (Wildman–Crippen MR) is 45.7 cm³/mol. The van der Waals surface area contributed by atoms with Crippen LogP contribution in [0.15, 0.2) is 12.4 Å². The first-order valence-corrected chi connectivity index (χ1v) is 4.14. The summed E-state index contributed by atoms with van der Waals surface area (Å²) in [4.78, 5) is 8.15. The maximum Gasteiger partial charge on any atom is 0.142 e. The molecular formula is C8H11ClN2. The molecule has 60 valence electrons. The molecule has 0 fully saturated rings. The normalized spacial score (nSPS) is 10.5. The maximum absolute atomic E-state index is 5.53. The Hall–Kier alpha value is -0.630. The molecule has 1 rings (SSSR count). The summed E-state index contributed by atoms with van der Waals surface area (Å²) in [6.07, 6.45) is 3.66. The zero-order valence-corrected chi connectivity index (χ0v) is 7.47. The van der Waals surface area contributed by atoms with Gasteiger partial charge in [0.1, 0.15) is 5.82 Å². The first kappa shape index (κ1) is 8.47. The smallest absolute Gasteiger partial charge is 0.142 e. The number of aromatic nitrogens is 2. The predicted octanol–water partition coefficient (Wildman–Crippen LogP) is 2.34. The van der Waals surface area contributed by atoms with Crippen molar-refractivity contribution >= 4 is 11.6 Å². The van der Waals surface area contributed by atoms with Crippen molar-refractivity contribution in [1.82, 2.24) is 9.97 Å². The second kappa shape index (κ2) is 3.67. The van der Waals surface area contributed by atoms with E-state index in [0.29, 0.717) is 17.6 Å². The Morgan fingerprint density at radius 2 is 1.91 bits per heavy atom. The van der Waals surface area contributed by atoms with Gasteiger partial charge in [-0.05, 0) is 11.5 Å². The van der Waals surface area contributed by atoms with Crippen molar-refractivity contribution in [3.05, 3.63) is 23.8 Å². The van der Waals surface area contributed by atoms with Crippen LogP contribution in [0, 0.1) is 0 Å². The molecule has 0 amide bonds. The molecule has 0 unspecified atom stereocenters. The van der Waals surface area contributed by atoms with Crippen LogP contribution in [0.25, 0.3) is 0 Å². The van der Waals surface area contributed by atoms with Crippen molar-refractivity contribution < 1.29 is 0 Å². The van der Waals surface area contributed by atoms with E-state index in [0.717, 1.165) is 5.56 Å². The lowest BCUT2D eigenvalue weighted by Crippen LogP contribution is -1.94. The summed E-state index contributed by atoms with van der Waals surface area (Å²) in [7, 11) is 0. The molecule has 0 aliphatic heterocycles. The van der Waals surface area contributed by atoms with Crippen molar-refractivity contribution in [2.45, 2.75) is 25.6 Å². The van der Waals surface area contributed by atoms with Crippen LogP contribution in [-0.4, -0.2) is 9.97 Å². The van der Waals surface area contributed by atoms with Gasteiger partial charge in [-0.25, -0.2) is 9.97 Å². The van der Waals surface area contributed by atoms with E-state index in [9.17, 15) is 0 Å². The zero-order valence-electron chi connectivity index (χ0n) is 6.71. The van der Waals surface area contributed by atoms with E-state index in [1.165, 1.54) is 0 Å². The molecule has 1 aromatic heterocycles. The number of alkyl halides is 1. The van der Waals surface area contributed by atoms with Crippen molar-refractivity contribution in [2.75, 3.05) is 0 Å². The fourth-order valence-electron chi connectivity index (χ4n) is 0.732. The highest BCUT2D eigenvalue weighted by Crippen LogP contribution is 2.10. The Kier molecular flexibility index (Phi) is 2.83. The van der Waals surface area contributed by atoms with E-state index in [-0.39, 0.29) is 0 Å². The number of halogens is 1. The summed E-state index contributed by atoms with van der Waals surface area (Å²) in [6.45, 7) is 4.22. The van der Waals surface area contributed by atoms with Crippen LogP contribution in [-0.2, 0) is 5.88 Å². The molecule has 0 saturated carbocycles. The molecule has 0 saturated heterocycles. The molecule has 11 heavy (non-hydrogen) atoms. The van der Waals surface area contributed by atoms with Crippen molar-refractivity contribution in [3.63, 3.8) is 0 Å². The lowest BCUT2D eigenvalue weighted by atomic mass is 10.1. The van der Waals surface area contributed by atoms with E-state index in [4.69, 9.17) is 11.6 Å². The van der Waals surface area contributed by atoms with Crippen molar-refractivity contribution in [1.29, 1.82) is 0 Å². The summed E-state index contributed by atoms with van der Waals surface area (Å²) in [6, 6.07) is 0. The Balaban J connectivity index is 2.83. The van der Waals surface area contributed by atoms with E-state index in [2.05, 4.69) is 23.8 Å². The fourth-order valence-corrected chi connectivity index (χ4v) is 0.870. The van der Waals surface area contributed by atoms with Crippen LogP contribution in [0.4, 0.5) is 0 Å². The van der Waals surface area contributed by atoms with Gasteiger partial charge in [0.15, 0.2) is 0 Å². The molecule has 3 heteroatoms. The Labute approximate surface area is 71.6 Å². The standard InChI is InChI=1S/C8H11ClN2/c1-6(2)7-4-10-8(3-9)11-5-7/h4-6H,3H2,1-2H3. The van der Waals surface area contributed by atoms with Crippen LogP contribution in [0.1, 0.15) is 31.2 Å². The summed E-state index contributed by atoms with van der Waals surface area (Å²) in [5.41, 5.74) is 1.15. The molecule has 0 atom stereocenters. The highest BCUT2D eigenvalue weighted by Gasteiger charge is 1.99. The molecule has 1 aromatic rings. The third-order valence-electron chi connectivity index (χ3n) is 1.51. The molecule has 2 nitrogen and oxygen atoms in total. The summed E-state index contributed by atoms with van der Waals surface area (Å²) in [5.74, 6) is 1.56. The second-order valence-corrected chi connectivity index (χ2v) is 2.99. The third-order valence-corrected chi connectivity index (χ3v) is 1.75. The van der Waals surface area contributed by atoms with Gasteiger partial charge < -0.3 is 0 Å². The molecule has 0 radical (unpaired) electrons. The van der Waals surface area contributed by atoms with E-state index < -0.39 is 0 Å². The van der Waals surface area contributed by atoms with Crippen LogP contribution in [0.5, 0.6) is 0 Å². The number of rotatable bonds is 2. The zero-order chi connectivity index (χ0) is 8.27. The molecule has 0 aliphatic carbocycles. The Morgan fingerprint density at radius 3 is 2.27 bits per heavy atom. The summed E-state index contributed by atoms with van der Waals surface area (Å²) >= 11 is 5.53. The minimum atomic E-state index is 0.387. The maximum atomic E-state index is 5.53. The minimum absolute atomic E-state index is 0.387. The molecule has 1 heterocycles. The highest BCUT2D eigenvalue weighted by atomic mass is 35.5. The summed E-state index contributed by atoms with van der Waals surface area (Å²) < 4.78 is 0. The molecular weight excluding hydrogens is 160 g/mol. The number of hydrogen-bond acceptors (Lipinski definition) is 2. The Morgan fingerprint density at radius 1 is 1.36 bits per heavy atom. The van der Waals surface area contributed by atoms with Gasteiger partial charge in [-0.2, -0.15) is 0 Å². The first-order valence-electron chi connectivity index (χ1n) is 3.61. The van der Waals surface area contributed by atoms with Gasteiger partial charge in [-0.3, -0.25) is 0 Å². The molecule has 0 aromatic carbocycles. The topological polar surface area (TPSA) is 25.8 Å². The van der Waals surface area contributed by atoms with Crippen LogP contribution < -0.4 is 0 Å². The largest absolute Gasteiger partial charge is 0.240 e. The number of nitrogens with zero attached hydrogens (tertiary/aromatic N) is 2. The van der Waals surface area contributed by atoms with Gasteiger partial charge in [-0.1, -0.05) is 13.8 Å². The third kappa shape index (κ3) is 2.15. The second-order valence-electron chi connectivity index (χ2n) is 2.72. The van der Waals surface area contributed by atoms with E-state index in [1.807, 2.05) is 12.4 Å². The Bertz CT molecular complexity index is 218. The van der Waals surface area contributed by atoms with Crippen molar-refractivity contribution in [3.8, 4) is 0 Å². The molecule has 0 bridgehead atoms.